The fraction of sp³-hybridized carbons (Fsp3) is 0.400. The SMILES string of the molecule is c1ccc2c(c1)CC[C@@H]2Nc1ncnc2c1ccn2C1CCCC1. The Morgan fingerprint density at radius 2 is 1.88 bits per heavy atom. The van der Waals surface area contributed by atoms with E-state index in [1.54, 1.807) is 6.33 Å². The summed E-state index contributed by atoms with van der Waals surface area (Å²) in [6.45, 7) is 0. The van der Waals surface area contributed by atoms with Crippen LogP contribution in [0.5, 0.6) is 0 Å². The lowest BCUT2D eigenvalue weighted by Crippen LogP contribution is -2.09. The van der Waals surface area contributed by atoms with E-state index in [0.717, 1.165) is 29.7 Å². The van der Waals surface area contributed by atoms with Crippen LogP contribution in [0.1, 0.15) is 55.3 Å². The summed E-state index contributed by atoms with van der Waals surface area (Å²) < 4.78 is 2.36. The molecule has 2 aliphatic carbocycles. The molecule has 122 valence electrons. The van der Waals surface area contributed by atoms with E-state index in [9.17, 15) is 0 Å². The lowest BCUT2D eigenvalue weighted by molar-refractivity contribution is 0.532. The van der Waals surface area contributed by atoms with Crippen molar-refractivity contribution in [3.8, 4) is 0 Å². The number of hydrogen-bond acceptors (Lipinski definition) is 3. The van der Waals surface area contributed by atoms with Gasteiger partial charge in [0.1, 0.15) is 17.8 Å². The second-order valence-electron chi connectivity index (χ2n) is 7.06. The number of hydrogen-bond donors (Lipinski definition) is 1. The van der Waals surface area contributed by atoms with Gasteiger partial charge in [0.2, 0.25) is 0 Å². The van der Waals surface area contributed by atoms with Gasteiger partial charge in [-0.05, 0) is 42.9 Å². The molecule has 24 heavy (non-hydrogen) atoms. The first kappa shape index (κ1) is 14.0. The molecule has 1 saturated carbocycles. The minimum absolute atomic E-state index is 0.356. The number of nitrogens with one attached hydrogen (secondary N) is 1. The van der Waals surface area contributed by atoms with Gasteiger partial charge in [-0.25, -0.2) is 9.97 Å². The molecule has 4 nitrogen and oxygen atoms in total. The van der Waals surface area contributed by atoms with Crippen LogP contribution < -0.4 is 5.32 Å². The van der Waals surface area contributed by atoms with Crippen molar-refractivity contribution in [3.05, 3.63) is 54.0 Å². The molecule has 0 amide bonds. The largest absolute Gasteiger partial charge is 0.363 e. The lowest BCUT2D eigenvalue weighted by Gasteiger charge is -2.16. The van der Waals surface area contributed by atoms with E-state index in [0.29, 0.717) is 12.1 Å². The van der Waals surface area contributed by atoms with Crippen LogP contribution in [0.25, 0.3) is 11.0 Å². The zero-order valence-corrected chi connectivity index (χ0v) is 13.8. The van der Waals surface area contributed by atoms with Gasteiger partial charge >= 0.3 is 0 Å². The van der Waals surface area contributed by atoms with Crippen LogP contribution in [0, 0.1) is 0 Å². The van der Waals surface area contributed by atoms with Crippen molar-refractivity contribution < 1.29 is 0 Å². The van der Waals surface area contributed by atoms with Crippen molar-refractivity contribution in [2.45, 2.75) is 50.6 Å². The Hall–Kier alpha value is -2.36. The predicted octanol–water partition coefficient (Wildman–Crippen LogP) is 4.65. The van der Waals surface area contributed by atoms with E-state index in [-0.39, 0.29) is 0 Å². The molecule has 2 aliphatic rings. The fourth-order valence-electron chi connectivity index (χ4n) is 4.44. The summed E-state index contributed by atoms with van der Waals surface area (Å²) in [6, 6.07) is 11.9. The monoisotopic (exact) mass is 318 g/mol. The lowest BCUT2D eigenvalue weighted by atomic mass is 10.1. The minimum atomic E-state index is 0.356. The minimum Gasteiger partial charge on any atom is -0.363 e. The first-order valence-corrected chi connectivity index (χ1v) is 9.06. The van der Waals surface area contributed by atoms with Crippen molar-refractivity contribution in [2.75, 3.05) is 5.32 Å². The van der Waals surface area contributed by atoms with Crippen LogP contribution in [0.4, 0.5) is 5.82 Å². The summed E-state index contributed by atoms with van der Waals surface area (Å²) in [5.74, 6) is 0.971. The summed E-state index contributed by atoms with van der Waals surface area (Å²) in [7, 11) is 0. The molecule has 3 aromatic rings. The van der Waals surface area contributed by atoms with Crippen molar-refractivity contribution in [2.24, 2.45) is 0 Å². The molecule has 1 fully saturated rings. The first-order valence-electron chi connectivity index (χ1n) is 9.06. The quantitative estimate of drug-likeness (QED) is 0.764. The van der Waals surface area contributed by atoms with Crippen molar-refractivity contribution >= 4 is 16.9 Å². The Morgan fingerprint density at radius 3 is 2.79 bits per heavy atom. The van der Waals surface area contributed by atoms with Crippen molar-refractivity contribution in [1.82, 2.24) is 14.5 Å². The molecule has 2 heterocycles. The van der Waals surface area contributed by atoms with E-state index >= 15 is 0 Å². The zero-order valence-electron chi connectivity index (χ0n) is 13.8. The number of anilines is 1. The number of rotatable bonds is 3. The third-order valence-corrected chi connectivity index (χ3v) is 5.67. The second-order valence-corrected chi connectivity index (χ2v) is 7.06. The van der Waals surface area contributed by atoms with Gasteiger partial charge in [-0.2, -0.15) is 0 Å². The van der Waals surface area contributed by atoms with Gasteiger partial charge < -0.3 is 9.88 Å². The highest BCUT2D eigenvalue weighted by atomic mass is 15.1. The molecule has 0 unspecified atom stereocenters. The molecule has 0 radical (unpaired) electrons. The smallest absolute Gasteiger partial charge is 0.145 e. The molecule has 0 saturated heterocycles. The number of fused-ring (bicyclic) bond motifs is 2. The summed E-state index contributed by atoms with van der Waals surface area (Å²) in [6.07, 6.45) is 11.4. The summed E-state index contributed by atoms with van der Waals surface area (Å²) in [5, 5.41) is 4.83. The Labute approximate surface area is 141 Å². The number of nitrogens with zero attached hydrogens (tertiary/aromatic N) is 3. The van der Waals surface area contributed by atoms with Gasteiger partial charge in [0.15, 0.2) is 0 Å². The molecule has 2 aromatic heterocycles. The van der Waals surface area contributed by atoms with E-state index in [4.69, 9.17) is 0 Å². The Kier molecular flexibility index (Phi) is 3.28. The summed E-state index contributed by atoms with van der Waals surface area (Å²) in [4.78, 5) is 9.12. The molecule has 0 bridgehead atoms. The van der Waals surface area contributed by atoms with Crippen LogP contribution in [0.2, 0.25) is 0 Å². The molecule has 1 aromatic carbocycles. The maximum Gasteiger partial charge on any atom is 0.145 e. The third kappa shape index (κ3) is 2.20. The van der Waals surface area contributed by atoms with E-state index in [1.165, 1.54) is 36.8 Å². The number of aromatic nitrogens is 3. The Bertz CT molecular complexity index is 876. The molecule has 0 spiro atoms. The first-order chi connectivity index (χ1) is 11.9. The fourth-order valence-corrected chi connectivity index (χ4v) is 4.44. The molecule has 5 rings (SSSR count). The topological polar surface area (TPSA) is 42.7 Å². The van der Waals surface area contributed by atoms with Gasteiger partial charge in [-0.15, -0.1) is 0 Å². The average Bonchev–Trinajstić information content (AvgIpc) is 3.34. The van der Waals surface area contributed by atoms with Crippen LogP contribution in [0.3, 0.4) is 0 Å². The highest BCUT2D eigenvalue weighted by Crippen LogP contribution is 2.36. The highest BCUT2D eigenvalue weighted by Gasteiger charge is 2.24. The normalized spacial score (nSPS) is 20.6. The number of benzene rings is 1. The number of aryl methyl sites for hydroxylation is 1. The maximum absolute atomic E-state index is 4.58. The van der Waals surface area contributed by atoms with Crippen molar-refractivity contribution in [1.29, 1.82) is 0 Å². The summed E-state index contributed by atoms with van der Waals surface area (Å²) in [5.41, 5.74) is 3.95. The highest BCUT2D eigenvalue weighted by molar-refractivity contribution is 5.87. The second kappa shape index (κ2) is 5.62. The van der Waals surface area contributed by atoms with Gasteiger partial charge in [0, 0.05) is 12.2 Å². The van der Waals surface area contributed by atoms with Gasteiger partial charge in [0.25, 0.3) is 0 Å². The van der Waals surface area contributed by atoms with Gasteiger partial charge in [0.05, 0.1) is 11.4 Å². The Balaban J connectivity index is 1.50. The van der Waals surface area contributed by atoms with Gasteiger partial charge in [-0.1, -0.05) is 37.1 Å². The zero-order chi connectivity index (χ0) is 15.9. The molecular weight excluding hydrogens is 296 g/mol. The van der Waals surface area contributed by atoms with E-state index < -0.39 is 0 Å². The maximum atomic E-state index is 4.58. The molecule has 1 N–H and O–H groups in total. The van der Waals surface area contributed by atoms with Crippen molar-refractivity contribution in [3.63, 3.8) is 0 Å². The van der Waals surface area contributed by atoms with Crippen LogP contribution in [0.15, 0.2) is 42.9 Å². The van der Waals surface area contributed by atoms with Crippen LogP contribution >= 0.6 is 0 Å². The van der Waals surface area contributed by atoms with E-state index in [2.05, 4.69) is 56.4 Å². The van der Waals surface area contributed by atoms with Crippen LogP contribution in [-0.4, -0.2) is 14.5 Å². The predicted molar refractivity (Wildman–Crippen MR) is 96.2 cm³/mol. The Morgan fingerprint density at radius 1 is 1.00 bits per heavy atom. The average molecular weight is 318 g/mol. The molecular formula is C20H22N4. The van der Waals surface area contributed by atoms with E-state index in [1.807, 2.05) is 0 Å². The van der Waals surface area contributed by atoms with Crippen LogP contribution in [-0.2, 0) is 6.42 Å². The molecule has 4 heteroatoms. The molecule has 0 aliphatic heterocycles. The van der Waals surface area contributed by atoms with Gasteiger partial charge in [-0.3, -0.25) is 0 Å². The standard InChI is InChI=1S/C20H22N4/c1-4-8-16-14(5-1)9-10-18(16)23-19-17-11-12-24(15-6-2-3-7-15)20(17)22-13-21-19/h1,4-5,8,11-13,15,18H,2-3,6-7,9-10H2,(H,21,22,23)/t18-/m0/s1. The molecule has 1 atom stereocenters. The third-order valence-electron chi connectivity index (χ3n) is 5.67. The summed E-state index contributed by atoms with van der Waals surface area (Å²) >= 11 is 0.